The lowest BCUT2D eigenvalue weighted by Gasteiger charge is -2.32. The number of alkyl halides is 3. The summed E-state index contributed by atoms with van der Waals surface area (Å²) in [5.41, 5.74) is -2.99. The van der Waals surface area contributed by atoms with Gasteiger partial charge in [0.15, 0.2) is 9.84 Å². The van der Waals surface area contributed by atoms with Crippen LogP contribution in [0.25, 0.3) is 0 Å². The molecule has 0 aromatic heterocycles. The Morgan fingerprint density at radius 1 is 1.20 bits per heavy atom. The summed E-state index contributed by atoms with van der Waals surface area (Å²) in [5, 5.41) is 13.5. The molecule has 7 nitrogen and oxygen atoms in total. The smallest absolute Gasteiger partial charge is 0.387 e. The predicted molar refractivity (Wildman–Crippen MR) is 135 cm³/mol. The molecule has 2 aromatic rings. The van der Waals surface area contributed by atoms with E-state index in [0.717, 1.165) is 6.07 Å². The number of likely N-dealkylation sites (tertiary alicyclic amines) is 1. The molecule has 5 rings (SSSR count). The van der Waals surface area contributed by atoms with Crippen LogP contribution in [0.3, 0.4) is 0 Å². The summed E-state index contributed by atoms with van der Waals surface area (Å²) < 4.78 is 78.9. The maximum Gasteiger partial charge on any atom is 0.416 e. The van der Waals surface area contributed by atoms with Crippen molar-refractivity contribution in [1.82, 2.24) is 10.2 Å². The van der Waals surface area contributed by atoms with Crippen LogP contribution in [-0.4, -0.2) is 53.7 Å². The molecule has 1 saturated heterocycles. The summed E-state index contributed by atoms with van der Waals surface area (Å²) in [5.74, 6) is 2.92. The fraction of sp³-hybridized carbons (Fsp3) is 0.429. The molecule has 2 fully saturated rings. The van der Waals surface area contributed by atoms with E-state index in [4.69, 9.17) is 0 Å². The molecule has 212 valence electrons. The Bertz CT molecular complexity index is 1540. The Labute approximate surface area is 228 Å². The molecule has 12 heteroatoms. The molecule has 0 unspecified atom stereocenters. The van der Waals surface area contributed by atoms with Crippen LogP contribution in [0, 0.1) is 23.6 Å². The summed E-state index contributed by atoms with van der Waals surface area (Å²) >= 11 is 0. The first kappa shape index (κ1) is 28.1. The van der Waals surface area contributed by atoms with Crippen molar-refractivity contribution in [3.63, 3.8) is 0 Å². The highest BCUT2D eigenvalue weighted by atomic mass is 32.2. The minimum Gasteiger partial charge on any atom is -0.387 e. The summed E-state index contributed by atoms with van der Waals surface area (Å²) in [4.78, 5) is 28.6. The Kier molecular flexibility index (Phi) is 6.95. The number of carbonyl (C=O) groups is 2. The van der Waals surface area contributed by atoms with E-state index < -0.39 is 62.9 Å². The Hall–Kier alpha value is -3.43. The van der Waals surface area contributed by atoms with Crippen molar-refractivity contribution >= 4 is 21.7 Å². The maximum atomic E-state index is 14.9. The van der Waals surface area contributed by atoms with Gasteiger partial charge in [-0.05, 0) is 49.6 Å². The number of nitrogens with one attached hydrogen (secondary N) is 1. The second-order valence-electron chi connectivity index (χ2n) is 10.4. The van der Waals surface area contributed by atoms with Gasteiger partial charge in [-0.2, -0.15) is 13.2 Å². The highest BCUT2D eigenvalue weighted by molar-refractivity contribution is 7.91. The fourth-order valence-electron chi connectivity index (χ4n) is 5.38. The fourth-order valence-corrected chi connectivity index (χ4v) is 6.31. The van der Waals surface area contributed by atoms with Crippen LogP contribution in [0.15, 0.2) is 47.4 Å². The van der Waals surface area contributed by atoms with Gasteiger partial charge in [-0.15, -0.1) is 5.92 Å². The summed E-state index contributed by atoms with van der Waals surface area (Å²) in [6, 6.07) is 4.54. The SMILES string of the molecule is CCS(=O)(=O)c1cccc(C(=O)N2[C@@H](C(=O)N[C@@H](c3ccc(C(F)(F)F)cc3F)C3(O)CC3)C[C@H]3C#CC[C@H]32)c1. The standard InChI is InChI=1S/C28H26F4N2O5S/c1-2-40(38,39)19-7-3-6-17(13-19)26(36)34-22-8-4-5-16(22)14-23(34)25(35)33-24(27(37)11-12-27)20-10-9-18(15-21(20)29)28(30,31)32/h3,6-7,9-10,13,15-16,22-24,37H,2,8,11-12,14H2,1H3,(H,33,35)/t16-,22-,23-,24+/m1/s1. The lowest BCUT2D eigenvalue weighted by atomic mass is 9.96. The van der Waals surface area contributed by atoms with Gasteiger partial charge in [0.1, 0.15) is 11.9 Å². The maximum absolute atomic E-state index is 14.9. The molecule has 3 aliphatic rings. The molecule has 2 amide bonds. The van der Waals surface area contributed by atoms with Gasteiger partial charge in [0, 0.05) is 23.5 Å². The Morgan fingerprint density at radius 2 is 1.93 bits per heavy atom. The van der Waals surface area contributed by atoms with Crippen LogP contribution in [0.4, 0.5) is 17.6 Å². The number of fused-ring (bicyclic) bond motifs is 1. The van der Waals surface area contributed by atoms with Gasteiger partial charge in [0.05, 0.1) is 33.9 Å². The number of amides is 2. The zero-order chi connectivity index (χ0) is 29.0. The summed E-state index contributed by atoms with van der Waals surface area (Å²) in [7, 11) is -3.61. The molecule has 0 spiro atoms. The topological polar surface area (TPSA) is 104 Å². The molecule has 1 aliphatic heterocycles. The molecule has 0 bridgehead atoms. The van der Waals surface area contributed by atoms with Crippen LogP contribution >= 0.6 is 0 Å². The van der Waals surface area contributed by atoms with Gasteiger partial charge < -0.3 is 15.3 Å². The van der Waals surface area contributed by atoms with E-state index >= 15 is 0 Å². The van der Waals surface area contributed by atoms with E-state index in [1.807, 2.05) is 0 Å². The van der Waals surface area contributed by atoms with Gasteiger partial charge >= 0.3 is 6.18 Å². The van der Waals surface area contributed by atoms with Crippen LogP contribution in [0.1, 0.15) is 60.1 Å². The number of aliphatic hydroxyl groups is 1. The van der Waals surface area contributed by atoms with Crippen molar-refractivity contribution in [1.29, 1.82) is 0 Å². The zero-order valence-corrected chi connectivity index (χ0v) is 22.2. The van der Waals surface area contributed by atoms with E-state index in [1.54, 1.807) is 0 Å². The Balaban J connectivity index is 1.45. The average molecular weight is 579 g/mol. The van der Waals surface area contributed by atoms with E-state index in [9.17, 15) is 40.7 Å². The van der Waals surface area contributed by atoms with Gasteiger partial charge in [-0.3, -0.25) is 9.59 Å². The van der Waals surface area contributed by atoms with Gasteiger partial charge in [-0.1, -0.05) is 25.0 Å². The van der Waals surface area contributed by atoms with E-state index in [-0.39, 0.29) is 47.0 Å². The first-order chi connectivity index (χ1) is 18.7. The van der Waals surface area contributed by atoms with Crippen LogP contribution in [0.5, 0.6) is 0 Å². The monoisotopic (exact) mass is 578 g/mol. The first-order valence-electron chi connectivity index (χ1n) is 12.8. The number of hydrogen-bond acceptors (Lipinski definition) is 5. The molecular weight excluding hydrogens is 552 g/mol. The largest absolute Gasteiger partial charge is 0.416 e. The molecular formula is C28H26F4N2O5S. The zero-order valence-electron chi connectivity index (χ0n) is 21.3. The molecule has 1 heterocycles. The molecule has 40 heavy (non-hydrogen) atoms. The van der Waals surface area contributed by atoms with Crippen molar-refractivity contribution in [3.8, 4) is 11.8 Å². The molecule has 1 saturated carbocycles. The predicted octanol–water partition coefficient (Wildman–Crippen LogP) is 3.63. The van der Waals surface area contributed by atoms with Crippen molar-refractivity contribution in [2.75, 3.05) is 5.75 Å². The second-order valence-corrected chi connectivity index (χ2v) is 12.7. The highest BCUT2D eigenvalue weighted by Crippen LogP contribution is 2.47. The second kappa shape index (κ2) is 9.89. The minimum atomic E-state index is -4.77. The van der Waals surface area contributed by atoms with Crippen molar-refractivity contribution in [3.05, 3.63) is 65.0 Å². The van der Waals surface area contributed by atoms with Crippen LogP contribution in [-0.2, 0) is 20.8 Å². The normalized spacial score (nSPS) is 23.6. The van der Waals surface area contributed by atoms with Gasteiger partial charge in [-0.25, -0.2) is 12.8 Å². The first-order valence-corrected chi connectivity index (χ1v) is 14.4. The number of sulfone groups is 1. The molecule has 4 atom stereocenters. The van der Waals surface area contributed by atoms with E-state index in [1.165, 1.54) is 36.1 Å². The number of halogens is 4. The van der Waals surface area contributed by atoms with Crippen LogP contribution in [0.2, 0.25) is 0 Å². The number of hydrogen-bond donors (Lipinski definition) is 2. The minimum absolute atomic E-state index is 0.0333. The third-order valence-corrected chi connectivity index (χ3v) is 9.55. The summed E-state index contributed by atoms with van der Waals surface area (Å²) in [6.45, 7) is 1.48. The molecule has 2 aliphatic carbocycles. The number of benzene rings is 2. The molecule has 2 aromatic carbocycles. The van der Waals surface area contributed by atoms with E-state index in [0.29, 0.717) is 18.6 Å². The quantitative estimate of drug-likeness (QED) is 0.386. The Morgan fingerprint density at radius 3 is 2.55 bits per heavy atom. The van der Waals surface area contributed by atoms with Gasteiger partial charge in [0.2, 0.25) is 5.91 Å². The third kappa shape index (κ3) is 5.08. The number of rotatable bonds is 7. The highest BCUT2D eigenvalue weighted by Gasteiger charge is 2.53. The molecule has 2 N–H and O–H groups in total. The number of nitrogens with zero attached hydrogens (tertiary/aromatic N) is 1. The lowest BCUT2D eigenvalue weighted by molar-refractivity contribution is -0.137. The van der Waals surface area contributed by atoms with Crippen molar-refractivity contribution < 1.29 is 40.7 Å². The van der Waals surface area contributed by atoms with Crippen molar-refractivity contribution in [2.24, 2.45) is 5.92 Å². The third-order valence-electron chi connectivity index (χ3n) is 7.82. The number of carbonyl (C=O) groups excluding carboxylic acids is 2. The van der Waals surface area contributed by atoms with Crippen molar-refractivity contribution in [2.45, 2.75) is 67.4 Å². The van der Waals surface area contributed by atoms with E-state index in [2.05, 4.69) is 17.2 Å². The lowest BCUT2D eigenvalue weighted by Crippen LogP contribution is -2.51. The van der Waals surface area contributed by atoms with Gasteiger partial charge in [0.25, 0.3) is 5.91 Å². The van der Waals surface area contributed by atoms with Crippen LogP contribution < -0.4 is 5.32 Å². The molecule has 0 radical (unpaired) electrons. The summed E-state index contributed by atoms with van der Waals surface area (Å²) in [6.07, 6.45) is -3.93. The average Bonchev–Trinajstić information content (AvgIpc) is 3.32.